The van der Waals surface area contributed by atoms with Gasteiger partial charge < -0.3 is 15.4 Å². The van der Waals surface area contributed by atoms with Crippen LogP contribution < -0.4 is 10.6 Å². The summed E-state index contributed by atoms with van der Waals surface area (Å²) in [5.74, 6) is -0.258. The number of nitrogens with one attached hydrogen (secondary N) is 2. The number of ether oxygens (including phenoxy) is 1. The van der Waals surface area contributed by atoms with Crippen molar-refractivity contribution in [1.82, 2.24) is 15.3 Å². The SMILES string of the molecule is COC(=O)c1ccccc1Nc1cnc(C(=O)NCCC2=CCCCC2)cn1. The number of amides is 1. The number of carbonyl (C=O) groups is 2. The third kappa shape index (κ3) is 5.16. The van der Waals surface area contributed by atoms with Crippen molar-refractivity contribution >= 4 is 23.4 Å². The average Bonchev–Trinajstić information content (AvgIpc) is 2.75. The Hall–Kier alpha value is -3.22. The van der Waals surface area contributed by atoms with E-state index < -0.39 is 5.97 Å². The van der Waals surface area contributed by atoms with Crippen molar-refractivity contribution in [3.05, 3.63) is 59.6 Å². The molecule has 0 unspecified atom stereocenters. The second kappa shape index (κ2) is 9.64. The van der Waals surface area contributed by atoms with Gasteiger partial charge in [-0.1, -0.05) is 23.8 Å². The van der Waals surface area contributed by atoms with Crippen LogP contribution in [-0.2, 0) is 4.74 Å². The number of nitrogens with zero attached hydrogens (tertiary/aromatic N) is 2. The summed E-state index contributed by atoms with van der Waals surface area (Å²) in [7, 11) is 1.33. The molecular formula is C21H24N4O3. The molecule has 1 aliphatic carbocycles. The highest BCUT2D eigenvalue weighted by Crippen LogP contribution is 2.20. The molecule has 0 radical (unpaired) electrons. The molecule has 0 atom stereocenters. The van der Waals surface area contributed by atoms with E-state index in [0.29, 0.717) is 23.6 Å². The summed E-state index contributed by atoms with van der Waals surface area (Å²) in [6.45, 7) is 0.596. The van der Waals surface area contributed by atoms with Crippen LogP contribution in [-0.4, -0.2) is 35.5 Å². The topological polar surface area (TPSA) is 93.2 Å². The number of rotatable bonds is 7. The number of para-hydroxylation sites is 1. The molecule has 1 aliphatic rings. The number of allylic oxidation sites excluding steroid dienone is 1. The maximum atomic E-state index is 12.2. The third-order valence-corrected chi connectivity index (χ3v) is 4.60. The van der Waals surface area contributed by atoms with Gasteiger partial charge in [-0.2, -0.15) is 0 Å². The molecule has 7 heteroatoms. The smallest absolute Gasteiger partial charge is 0.339 e. The van der Waals surface area contributed by atoms with Gasteiger partial charge in [-0.25, -0.2) is 14.8 Å². The fraction of sp³-hybridized carbons (Fsp3) is 0.333. The Morgan fingerprint density at radius 2 is 2.00 bits per heavy atom. The number of esters is 1. The fourth-order valence-electron chi connectivity index (χ4n) is 3.09. The van der Waals surface area contributed by atoms with E-state index in [2.05, 4.69) is 26.7 Å². The minimum Gasteiger partial charge on any atom is -0.465 e. The first kappa shape index (κ1) is 19.5. The van der Waals surface area contributed by atoms with Crippen LogP contribution in [0.3, 0.4) is 0 Å². The van der Waals surface area contributed by atoms with E-state index in [0.717, 1.165) is 19.3 Å². The summed E-state index contributed by atoms with van der Waals surface area (Å²) in [6, 6.07) is 6.95. The highest BCUT2D eigenvalue weighted by atomic mass is 16.5. The van der Waals surface area contributed by atoms with E-state index in [1.165, 1.54) is 37.9 Å². The lowest BCUT2D eigenvalue weighted by Crippen LogP contribution is -2.26. The van der Waals surface area contributed by atoms with E-state index in [1.54, 1.807) is 24.3 Å². The predicted octanol–water partition coefficient (Wildman–Crippen LogP) is 3.63. The Morgan fingerprint density at radius 3 is 2.71 bits per heavy atom. The van der Waals surface area contributed by atoms with Crippen LogP contribution in [0.2, 0.25) is 0 Å². The van der Waals surface area contributed by atoms with E-state index in [9.17, 15) is 9.59 Å². The molecule has 1 heterocycles. The van der Waals surface area contributed by atoms with E-state index in [4.69, 9.17) is 4.74 Å². The summed E-state index contributed by atoms with van der Waals surface area (Å²) < 4.78 is 4.77. The van der Waals surface area contributed by atoms with Crippen molar-refractivity contribution in [2.24, 2.45) is 0 Å². The Balaban J connectivity index is 1.57. The van der Waals surface area contributed by atoms with Crippen molar-refractivity contribution in [2.75, 3.05) is 19.0 Å². The molecule has 0 fully saturated rings. The Bertz CT molecular complexity index is 862. The minimum absolute atomic E-state index is 0.245. The normalized spacial score (nSPS) is 13.4. The summed E-state index contributed by atoms with van der Waals surface area (Å²) in [5, 5.41) is 5.91. The molecular weight excluding hydrogens is 356 g/mol. The van der Waals surface area contributed by atoms with Gasteiger partial charge in [-0.05, 0) is 44.2 Å². The zero-order valence-electron chi connectivity index (χ0n) is 15.9. The number of methoxy groups -OCH3 is 1. The molecule has 7 nitrogen and oxygen atoms in total. The maximum Gasteiger partial charge on any atom is 0.339 e. The van der Waals surface area contributed by atoms with Crippen LogP contribution in [0.5, 0.6) is 0 Å². The van der Waals surface area contributed by atoms with Crippen molar-refractivity contribution in [3.63, 3.8) is 0 Å². The summed E-state index contributed by atoms with van der Waals surface area (Å²) in [4.78, 5) is 32.4. The van der Waals surface area contributed by atoms with Gasteiger partial charge in [-0.15, -0.1) is 0 Å². The van der Waals surface area contributed by atoms with Gasteiger partial charge in [0, 0.05) is 6.54 Å². The highest BCUT2D eigenvalue weighted by molar-refractivity contribution is 5.96. The Kier molecular flexibility index (Phi) is 6.73. The number of hydrogen-bond donors (Lipinski definition) is 2. The van der Waals surface area contributed by atoms with Gasteiger partial charge in [0.1, 0.15) is 11.5 Å². The standard InChI is InChI=1S/C21H24N4O3/c1-28-21(27)16-9-5-6-10-17(16)25-19-14-23-18(13-24-19)20(26)22-12-11-15-7-3-2-4-8-15/h5-7,9-10,13-14H,2-4,8,11-12H2,1H3,(H,22,26)(H,24,25). The number of anilines is 2. The molecule has 3 rings (SSSR count). The van der Waals surface area contributed by atoms with Crippen molar-refractivity contribution < 1.29 is 14.3 Å². The van der Waals surface area contributed by atoms with Gasteiger partial charge in [0.25, 0.3) is 5.91 Å². The predicted molar refractivity (Wildman–Crippen MR) is 107 cm³/mol. The first-order chi connectivity index (χ1) is 13.7. The van der Waals surface area contributed by atoms with Gasteiger partial charge in [0.2, 0.25) is 0 Å². The van der Waals surface area contributed by atoms with Crippen molar-refractivity contribution in [2.45, 2.75) is 32.1 Å². The van der Waals surface area contributed by atoms with Crippen molar-refractivity contribution in [1.29, 1.82) is 0 Å². The summed E-state index contributed by atoms with van der Waals surface area (Å²) in [5.41, 5.74) is 2.62. The molecule has 2 N–H and O–H groups in total. The monoisotopic (exact) mass is 380 g/mol. The maximum absolute atomic E-state index is 12.2. The molecule has 1 aromatic heterocycles. The highest BCUT2D eigenvalue weighted by Gasteiger charge is 2.13. The number of hydrogen-bond acceptors (Lipinski definition) is 6. The number of benzene rings is 1. The van der Waals surface area contributed by atoms with Crippen LogP contribution in [0.25, 0.3) is 0 Å². The second-order valence-electron chi connectivity index (χ2n) is 6.56. The molecule has 1 amide bonds. The fourth-order valence-corrected chi connectivity index (χ4v) is 3.09. The molecule has 0 spiro atoms. The molecule has 146 valence electrons. The van der Waals surface area contributed by atoms with Crippen LogP contribution in [0.4, 0.5) is 11.5 Å². The quantitative estimate of drug-likeness (QED) is 0.563. The third-order valence-electron chi connectivity index (χ3n) is 4.60. The van der Waals surface area contributed by atoms with Gasteiger partial charge in [-0.3, -0.25) is 4.79 Å². The number of carbonyl (C=O) groups excluding carboxylic acids is 2. The molecule has 0 aliphatic heterocycles. The Labute approximate surface area is 164 Å². The second-order valence-corrected chi connectivity index (χ2v) is 6.56. The van der Waals surface area contributed by atoms with Gasteiger partial charge >= 0.3 is 5.97 Å². The van der Waals surface area contributed by atoms with E-state index >= 15 is 0 Å². The largest absolute Gasteiger partial charge is 0.465 e. The van der Waals surface area contributed by atoms with Crippen LogP contribution in [0, 0.1) is 0 Å². The average molecular weight is 380 g/mol. The van der Waals surface area contributed by atoms with Gasteiger partial charge in [0.15, 0.2) is 0 Å². The lowest BCUT2D eigenvalue weighted by atomic mass is 9.97. The van der Waals surface area contributed by atoms with Crippen LogP contribution in [0.15, 0.2) is 48.3 Å². The minimum atomic E-state index is -0.444. The first-order valence-electron chi connectivity index (χ1n) is 9.40. The molecule has 1 aromatic carbocycles. The zero-order chi connectivity index (χ0) is 19.8. The zero-order valence-corrected chi connectivity index (χ0v) is 15.9. The molecule has 0 saturated carbocycles. The Morgan fingerprint density at radius 1 is 1.14 bits per heavy atom. The molecule has 28 heavy (non-hydrogen) atoms. The lowest BCUT2D eigenvalue weighted by Gasteiger charge is -2.13. The van der Waals surface area contributed by atoms with E-state index in [1.807, 2.05) is 0 Å². The lowest BCUT2D eigenvalue weighted by molar-refractivity contribution is 0.0601. The molecule has 2 aromatic rings. The first-order valence-corrected chi connectivity index (χ1v) is 9.40. The van der Waals surface area contributed by atoms with Crippen molar-refractivity contribution in [3.8, 4) is 0 Å². The van der Waals surface area contributed by atoms with Crippen LogP contribution in [0.1, 0.15) is 53.0 Å². The van der Waals surface area contributed by atoms with Crippen LogP contribution >= 0.6 is 0 Å². The molecule has 0 bridgehead atoms. The summed E-state index contributed by atoms with van der Waals surface area (Å²) in [6.07, 6.45) is 10.8. The van der Waals surface area contributed by atoms with Gasteiger partial charge in [0.05, 0.1) is 30.8 Å². The van der Waals surface area contributed by atoms with E-state index in [-0.39, 0.29) is 11.6 Å². The number of aromatic nitrogens is 2. The summed E-state index contributed by atoms with van der Waals surface area (Å²) >= 11 is 0. The molecule has 0 saturated heterocycles.